The van der Waals surface area contributed by atoms with Gasteiger partial charge in [-0.2, -0.15) is 5.10 Å². The van der Waals surface area contributed by atoms with Crippen LogP contribution in [0.1, 0.15) is 22.5 Å². The number of aliphatic hydroxyl groups is 1. The topological polar surface area (TPSA) is 70.8 Å². The number of carbonyl (C=O) groups is 1. The van der Waals surface area contributed by atoms with Crippen LogP contribution < -0.4 is 0 Å². The fraction of sp³-hybridized carbons (Fsp3) is 0.733. The number of carbonyl (C=O) groups excluding carboxylic acids is 1. The smallest absolute Gasteiger partial charge is 0.257 e. The third-order valence-electron chi connectivity index (χ3n) is 4.48. The van der Waals surface area contributed by atoms with Gasteiger partial charge in [0, 0.05) is 39.4 Å². The molecule has 1 N–H and O–H groups in total. The molecule has 0 spiro atoms. The highest BCUT2D eigenvalue weighted by Crippen LogP contribution is 2.25. The van der Waals surface area contributed by atoms with Gasteiger partial charge in [-0.1, -0.05) is 0 Å². The predicted octanol–water partition coefficient (Wildman–Crippen LogP) is -0.362. The van der Waals surface area contributed by atoms with Gasteiger partial charge in [0.1, 0.15) is 0 Å². The molecule has 0 unspecified atom stereocenters. The number of rotatable bonds is 3. The van der Waals surface area contributed by atoms with E-state index < -0.39 is 5.60 Å². The lowest BCUT2D eigenvalue weighted by Crippen LogP contribution is -2.49. The van der Waals surface area contributed by atoms with Gasteiger partial charge in [-0.05, 0) is 13.3 Å². The van der Waals surface area contributed by atoms with Gasteiger partial charge >= 0.3 is 0 Å². The number of likely N-dealkylation sites (tertiary alicyclic amines) is 1. The van der Waals surface area contributed by atoms with E-state index in [-0.39, 0.29) is 5.91 Å². The summed E-state index contributed by atoms with van der Waals surface area (Å²) in [4.78, 5) is 16.5. The molecule has 2 aliphatic rings. The van der Waals surface area contributed by atoms with E-state index in [0.29, 0.717) is 44.8 Å². The summed E-state index contributed by atoms with van der Waals surface area (Å²) in [6.45, 7) is 6.54. The summed E-state index contributed by atoms with van der Waals surface area (Å²) in [7, 11) is 1.81. The Hall–Kier alpha value is -1.44. The molecule has 1 aromatic rings. The maximum atomic E-state index is 12.6. The van der Waals surface area contributed by atoms with Crippen LogP contribution in [0.3, 0.4) is 0 Å². The molecule has 7 heteroatoms. The van der Waals surface area contributed by atoms with E-state index in [2.05, 4.69) is 10.00 Å². The summed E-state index contributed by atoms with van der Waals surface area (Å²) in [6, 6.07) is 0. The molecule has 1 atom stereocenters. The zero-order valence-corrected chi connectivity index (χ0v) is 13.3. The number of β-amino-alcohol motifs (C(OH)–C–C–N with tert-alkyl or cyclic N) is 1. The molecule has 0 bridgehead atoms. The number of aryl methyl sites for hydroxylation is 2. The lowest BCUT2D eigenvalue weighted by molar-refractivity contribution is -0.0257. The maximum absolute atomic E-state index is 12.6. The van der Waals surface area contributed by atoms with Crippen molar-refractivity contribution in [2.24, 2.45) is 7.05 Å². The molecule has 0 radical (unpaired) electrons. The Bertz CT molecular complexity index is 553. The Kier molecular flexibility index (Phi) is 4.20. The van der Waals surface area contributed by atoms with Gasteiger partial charge < -0.3 is 14.7 Å². The van der Waals surface area contributed by atoms with Crippen LogP contribution in [0, 0.1) is 6.92 Å². The molecule has 3 heterocycles. The fourth-order valence-corrected chi connectivity index (χ4v) is 3.31. The van der Waals surface area contributed by atoms with Crippen LogP contribution >= 0.6 is 0 Å². The van der Waals surface area contributed by atoms with E-state index in [1.165, 1.54) is 0 Å². The van der Waals surface area contributed by atoms with Crippen molar-refractivity contribution >= 4 is 5.91 Å². The van der Waals surface area contributed by atoms with Gasteiger partial charge in [-0.3, -0.25) is 14.4 Å². The molecule has 7 nitrogen and oxygen atoms in total. The van der Waals surface area contributed by atoms with Crippen LogP contribution in [-0.4, -0.2) is 82.1 Å². The highest BCUT2D eigenvalue weighted by molar-refractivity contribution is 5.95. The summed E-state index contributed by atoms with van der Waals surface area (Å²) in [5.41, 5.74) is 0.539. The van der Waals surface area contributed by atoms with Crippen molar-refractivity contribution in [1.82, 2.24) is 19.6 Å². The number of hydrogen-bond acceptors (Lipinski definition) is 5. The highest BCUT2D eigenvalue weighted by atomic mass is 16.5. The molecule has 0 aromatic carbocycles. The number of amides is 1. The molecule has 22 heavy (non-hydrogen) atoms. The van der Waals surface area contributed by atoms with Crippen molar-refractivity contribution < 1.29 is 14.6 Å². The van der Waals surface area contributed by atoms with Gasteiger partial charge in [0.05, 0.1) is 36.6 Å². The first-order valence-electron chi connectivity index (χ1n) is 7.79. The standard InChI is InChI=1S/C15H24N4O3/c1-12-13(9-17(2)16-12)14(20)19-4-3-15(21,11-19)10-18-5-7-22-8-6-18/h9,21H,3-8,10-11H2,1-2H3/t15-/m0/s1. The second-order valence-electron chi connectivity index (χ2n) is 6.39. The first kappa shape index (κ1) is 15.5. The van der Waals surface area contributed by atoms with Crippen LogP contribution in [0.4, 0.5) is 0 Å². The normalized spacial score (nSPS) is 26.6. The first-order chi connectivity index (χ1) is 10.5. The third kappa shape index (κ3) is 3.16. The molecule has 2 aliphatic heterocycles. The van der Waals surface area contributed by atoms with E-state index in [4.69, 9.17) is 4.74 Å². The van der Waals surface area contributed by atoms with E-state index in [0.717, 1.165) is 18.8 Å². The Morgan fingerprint density at radius 1 is 1.41 bits per heavy atom. The second kappa shape index (κ2) is 5.98. The maximum Gasteiger partial charge on any atom is 0.257 e. The monoisotopic (exact) mass is 308 g/mol. The largest absolute Gasteiger partial charge is 0.387 e. The Morgan fingerprint density at radius 2 is 2.14 bits per heavy atom. The molecule has 3 rings (SSSR count). The molecule has 1 aromatic heterocycles. The van der Waals surface area contributed by atoms with Crippen molar-refractivity contribution in [3.05, 3.63) is 17.5 Å². The van der Waals surface area contributed by atoms with Gasteiger partial charge in [0.2, 0.25) is 0 Å². The lowest BCUT2D eigenvalue weighted by atomic mass is 10.0. The minimum absolute atomic E-state index is 0.0384. The highest BCUT2D eigenvalue weighted by Gasteiger charge is 2.40. The average molecular weight is 308 g/mol. The SMILES string of the molecule is Cc1nn(C)cc1C(=O)N1CC[C@](O)(CN2CCOCC2)C1. The van der Waals surface area contributed by atoms with Crippen LogP contribution in [0.15, 0.2) is 6.20 Å². The molecule has 1 amide bonds. The molecule has 122 valence electrons. The molecular weight excluding hydrogens is 284 g/mol. The molecule has 0 aliphatic carbocycles. The van der Waals surface area contributed by atoms with Gasteiger partial charge in [-0.15, -0.1) is 0 Å². The molecular formula is C15H24N4O3. The number of aromatic nitrogens is 2. The van der Waals surface area contributed by atoms with Gasteiger partial charge in [0.15, 0.2) is 0 Å². The van der Waals surface area contributed by atoms with E-state index in [1.807, 2.05) is 14.0 Å². The van der Waals surface area contributed by atoms with Gasteiger partial charge in [0.25, 0.3) is 5.91 Å². The van der Waals surface area contributed by atoms with Crippen LogP contribution in [0.5, 0.6) is 0 Å². The van der Waals surface area contributed by atoms with Crippen LogP contribution in [0.2, 0.25) is 0 Å². The van der Waals surface area contributed by atoms with Crippen molar-refractivity contribution in [1.29, 1.82) is 0 Å². The summed E-state index contributed by atoms with van der Waals surface area (Å²) >= 11 is 0. The van der Waals surface area contributed by atoms with Crippen LogP contribution in [-0.2, 0) is 11.8 Å². The molecule has 0 saturated carbocycles. The zero-order chi connectivity index (χ0) is 15.7. The Labute approximate surface area is 130 Å². The lowest BCUT2D eigenvalue weighted by Gasteiger charge is -2.33. The van der Waals surface area contributed by atoms with Crippen molar-refractivity contribution in [3.8, 4) is 0 Å². The van der Waals surface area contributed by atoms with E-state index in [9.17, 15) is 9.90 Å². The second-order valence-corrected chi connectivity index (χ2v) is 6.39. The third-order valence-corrected chi connectivity index (χ3v) is 4.48. The Morgan fingerprint density at radius 3 is 2.77 bits per heavy atom. The molecule has 2 fully saturated rings. The first-order valence-corrected chi connectivity index (χ1v) is 7.79. The van der Waals surface area contributed by atoms with Crippen molar-refractivity contribution in [2.75, 3.05) is 45.9 Å². The minimum Gasteiger partial charge on any atom is -0.387 e. The zero-order valence-electron chi connectivity index (χ0n) is 13.3. The van der Waals surface area contributed by atoms with Gasteiger partial charge in [-0.25, -0.2) is 0 Å². The van der Waals surface area contributed by atoms with Crippen molar-refractivity contribution in [2.45, 2.75) is 18.9 Å². The summed E-state index contributed by atoms with van der Waals surface area (Å²) in [6.07, 6.45) is 2.37. The summed E-state index contributed by atoms with van der Waals surface area (Å²) < 4.78 is 6.98. The Balaban J connectivity index is 1.63. The van der Waals surface area contributed by atoms with Crippen molar-refractivity contribution in [3.63, 3.8) is 0 Å². The minimum atomic E-state index is -0.816. The fourth-order valence-electron chi connectivity index (χ4n) is 3.31. The number of ether oxygens (including phenoxy) is 1. The quantitative estimate of drug-likeness (QED) is 0.825. The summed E-state index contributed by atoms with van der Waals surface area (Å²) in [5, 5.41) is 15.0. The number of morpholine rings is 1. The summed E-state index contributed by atoms with van der Waals surface area (Å²) in [5.74, 6) is -0.0384. The van der Waals surface area contributed by atoms with E-state index in [1.54, 1.807) is 15.8 Å². The van der Waals surface area contributed by atoms with Crippen LogP contribution in [0.25, 0.3) is 0 Å². The number of nitrogens with zero attached hydrogens (tertiary/aromatic N) is 4. The predicted molar refractivity (Wildman–Crippen MR) is 80.7 cm³/mol. The van der Waals surface area contributed by atoms with E-state index >= 15 is 0 Å². The average Bonchev–Trinajstić information content (AvgIpc) is 3.02. The number of hydrogen-bond donors (Lipinski definition) is 1. The molecule has 2 saturated heterocycles.